The number of carbonyl (C=O) groups excluding carboxylic acids is 1. The lowest BCUT2D eigenvalue weighted by Crippen LogP contribution is -2.37. The first-order valence-corrected chi connectivity index (χ1v) is 8.78. The van der Waals surface area contributed by atoms with E-state index in [9.17, 15) is 4.79 Å². The van der Waals surface area contributed by atoms with Gasteiger partial charge < -0.3 is 10.3 Å². The quantitative estimate of drug-likeness (QED) is 0.701. The van der Waals surface area contributed by atoms with Crippen molar-refractivity contribution in [2.45, 2.75) is 25.7 Å². The Hall–Kier alpha value is -1.78. The summed E-state index contributed by atoms with van der Waals surface area (Å²) in [5.41, 5.74) is 2.03. The Labute approximate surface area is 144 Å². The highest BCUT2D eigenvalue weighted by molar-refractivity contribution is 7.10. The van der Waals surface area contributed by atoms with E-state index < -0.39 is 0 Å². The van der Waals surface area contributed by atoms with E-state index in [4.69, 9.17) is 11.6 Å². The maximum atomic E-state index is 12.1. The highest BCUT2D eigenvalue weighted by Gasteiger charge is 2.24. The fraction of sp³-hybridized carbons (Fsp3) is 0.278. The largest absolute Gasteiger partial charge is 0.361 e. The van der Waals surface area contributed by atoms with E-state index in [0.29, 0.717) is 18.0 Å². The Morgan fingerprint density at radius 3 is 2.91 bits per heavy atom. The first kappa shape index (κ1) is 16.1. The number of H-pyrrole nitrogens is 1. The lowest BCUT2D eigenvalue weighted by Gasteiger charge is -2.25. The molecule has 3 rings (SSSR count). The molecule has 0 aliphatic heterocycles. The van der Waals surface area contributed by atoms with E-state index >= 15 is 0 Å². The fourth-order valence-corrected chi connectivity index (χ4v) is 3.58. The standard InChI is InChI=1S/C18H19ClN2OS/c1-18(2,11-21-17(22)9-13-4-3-7-23-13)15-10-20-16-8-12(19)5-6-14(15)16/h3-8,10,20H,9,11H2,1-2H3,(H,21,22). The van der Waals surface area contributed by atoms with Gasteiger partial charge in [0.2, 0.25) is 5.91 Å². The first-order chi connectivity index (χ1) is 11.0. The van der Waals surface area contributed by atoms with Crippen LogP contribution in [0, 0.1) is 0 Å². The van der Waals surface area contributed by atoms with Gasteiger partial charge in [-0.05, 0) is 29.1 Å². The number of nitrogens with one attached hydrogen (secondary N) is 2. The molecule has 23 heavy (non-hydrogen) atoms. The maximum absolute atomic E-state index is 12.1. The summed E-state index contributed by atoms with van der Waals surface area (Å²) in [5.74, 6) is 0.0587. The highest BCUT2D eigenvalue weighted by Crippen LogP contribution is 2.31. The molecular weight excluding hydrogens is 328 g/mol. The summed E-state index contributed by atoms with van der Waals surface area (Å²) in [6.45, 7) is 4.86. The van der Waals surface area contributed by atoms with Crippen molar-refractivity contribution in [3.63, 3.8) is 0 Å². The zero-order valence-corrected chi connectivity index (χ0v) is 14.7. The van der Waals surface area contributed by atoms with Crippen molar-refractivity contribution in [1.29, 1.82) is 0 Å². The Morgan fingerprint density at radius 1 is 1.35 bits per heavy atom. The van der Waals surface area contributed by atoms with Crippen LogP contribution in [0.1, 0.15) is 24.3 Å². The summed E-state index contributed by atoms with van der Waals surface area (Å²) in [6.07, 6.45) is 2.45. The van der Waals surface area contributed by atoms with Gasteiger partial charge in [-0.25, -0.2) is 0 Å². The normalized spacial score (nSPS) is 11.8. The van der Waals surface area contributed by atoms with Crippen molar-refractivity contribution in [3.05, 3.63) is 57.4 Å². The molecule has 2 N–H and O–H groups in total. The average molecular weight is 347 g/mol. The van der Waals surface area contributed by atoms with Crippen LogP contribution in [0.4, 0.5) is 0 Å². The van der Waals surface area contributed by atoms with E-state index in [1.165, 1.54) is 5.56 Å². The minimum absolute atomic E-state index is 0.0587. The number of carbonyl (C=O) groups is 1. The Bertz CT molecular complexity index is 821. The van der Waals surface area contributed by atoms with Crippen LogP contribution in [0.25, 0.3) is 10.9 Å². The molecule has 0 fully saturated rings. The second kappa shape index (κ2) is 6.38. The van der Waals surface area contributed by atoms with Crippen LogP contribution in [0.5, 0.6) is 0 Å². The van der Waals surface area contributed by atoms with Gasteiger partial charge in [-0.15, -0.1) is 11.3 Å². The minimum Gasteiger partial charge on any atom is -0.361 e. The second-order valence-electron chi connectivity index (χ2n) is 6.31. The maximum Gasteiger partial charge on any atom is 0.225 e. The van der Waals surface area contributed by atoms with E-state index in [0.717, 1.165) is 15.8 Å². The molecule has 0 aliphatic rings. The molecule has 120 valence electrons. The van der Waals surface area contributed by atoms with Gasteiger partial charge in [0, 0.05) is 39.0 Å². The van der Waals surface area contributed by atoms with Crippen LogP contribution in [0.3, 0.4) is 0 Å². The summed E-state index contributed by atoms with van der Waals surface area (Å²) >= 11 is 7.64. The number of rotatable bonds is 5. The van der Waals surface area contributed by atoms with Gasteiger partial charge >= 0.3 is 0 Å². The average Bonchev–Trinajstić information content (AvgIpc) is 3.14. The molecule has 1 aromatic carbocycles. The molecule has 0 unspecified atom stereocenters. The van der Waals surface area contributed by atoms with Gasteiger partial charge in [0.05, 0.1) is 6.42 Å². The van der Waals surface area contributed by atoms with Gasteiger partial charge in [-0.1, -0.05) is 37.6 Å². The smallest absolute Gasteiger partial charge is 0.225 e. The number of aromatic nitrogens is 1. The van der Waals surface area contributed by atoms with Crippen LogP contribution in [-0.4, -0.2) is 17.4 Å². The third-order valence-electron chi connectivity index (χ3n) is 4.02. The summed E-state index contributed by atoms with van der Waals surface area (Å²) in [5, 5.41) is 6.90. The molecule has 0 saturated carbocycles. The van der Waals surface area contributed by atoms with Crippen molar-refractivity contribution in [2.75, 3.05) is 6.54 Å². The van der Waals surface area contributed by atoms with Crippen LogP contribution < -0.4 is 5.32 Å². The number of aromatic amines is 1. The monoisotopic (exact) mass is 346 g/mol. The van der Waals surface area contributed by atoms with Gasteiger partial charge in [-0.2, -0.15) is 0 Å². The summed E-state index contributed by atoms with van der Waals surface area (Å²) in [4.78, 5) is 16.5. The fourth-order valence-electron chi connectivity index (χ4n) is 2.71. The third-order valence-corrected chi connectivity index (χ3v) is 5.13. The SMILES string of the molecule is CC(C)(CNC(=O)Cc1cccs1)c1c[nH]c2cc(Cl)ccc12. The predicted octanol–water partition coefficient (Wildman–Crippen LogP) is 4.52. The molecule has 0 radical (unpaired) electrons. The van der Waals surface area contributed by atoms with Crippen molar-refractivity contribution in [3.8, 4) is 0 Å². The van der Waals surface area contributed by atoms with Crippen LogP contribution >= 0.6 is 22.9 Å². The molecule has 3 aromatic rings. The molecule has 0 aliphatic carbocycles. The van der Waals surface area contributed by atoms with Crippen molar-refractivity contribution < 1.29 is 4.79 Å². The molecule has 1 amide bonds. The van der Waals surface area contributed by atoms with E-state index in [1.54, 1.807) is 11.3 Å². The van der Waals surface area contributed by atoms with Gasteiger partial charge in [0.1, 0.15) is 0 Å². The zero-order chi connectivity index (χ0) is 16.4. The molecule has 0 spiro atoms. The number of hydrogen-bond donors (Lipinski definition) is 2. The molecule has 5 heteroatoms. The summed E-state index contributed by atoms with van der Waals surface area (Å²) in [6, 6.07) is 9.80. The number of hydrogen-bond acceptors (Lipinski definition) is 2. The Kier molecular flexibility index (Phi) is 4.46. The summed E-state index contributed by atoms with van der Waals surface area (Å²) in [7, 11) is 0. The number of halogens is 1. The van der Waals surface area contributed by atoms with Crippen molar-refractivity contribution >= 4 is 39.7 Å². The van der Waals surface area contributed by atoms with Crippen LogP contribution in [0.15, 0.2) is 41.9 Å². The number of benzene rings is 1. The van der Waals surface area contributed by atoms with Crippen molar-refractivity contribution in [1.82, 2.24) is 10.3 Å². The number of thiophene rings is 1. The Balaban J connectivity index is 1.71. The lowest BCUT2D eigenvalue weighted by molar-refractivity contribution is -0.120. The Morgan fingerprint density at radius 2 is 2.17 bits per heavy atom. The molecule has 0 saturated heterocycles. The molecule has 0 atom stereocenters. The minimum atomic E-state index is -0.169. The number of amides is 1. The lowest BCUT2D eigenvalue weighted by atomic mass is 9.84. The predicted molar refractivity (Wildman–Crippen MR) is 97.4 cm³/mol. The van der Waals surface area contributed by atoms with E-state index in [2.05, 4.69) is 24.1 Å². The third kappa shape index (κ3) is 3.59. The summed E-state index contributed by atoms with van der Waals surface area (Å²) < 4.78 is 0. The number of fused-ring (bicyclic) bond motifs is 1. The van der Waals surface area contributed by atoms with Crippen molar-refractivity contribution in [2.24, 2.45) is 0 Å². The van der Waals surface area contributed by atoms with Crippen LogP contribution in [0.2, 0.25) is 5.02 Å². The molecule has 0 bridgehead atoms. The first-order valence-electron chi connectivity index (χ1n) is 7.52. The second-order valence-corrected chi connectivity index (χ2v) is 7.78. The topological polar surface area (TPSA) is 44.9 Å². The van der Waals surface area contributed by atoms with Crippen LogP contribution in [-0.2, 0) is 16.6 Å². The van der Waals surface area contributed by atoms with Gasteiger partial charge in [0.15, 0.2) is 0 Å². The molecule has 2 aromatic heterocycles. The molecule has 2 heterocycles. The van der Waals surface area contributed by atoms with E-state index in [-0.39, 0.29) is 11.3 Å². The van der Waals surface area contributed by atoms with Gasteiger partial charge in [0.25, 0.3) is 0 Å². The molecule has 3 nitrogen and oxygen atoms in total. The van der Waals surface area contributed by atoms with Gasteiger partial charge in [-0.3, -0.25) is 4.79 Å². The van der Waals surface area contributed by atoms with E-state index in [1.807, 2.05) is 41.9 Å². The molecular formula is C18H19ClN2OS. The highest BCUT2D eigenvalue weighted by atomic mass is 35.5. The zero-order valence-electron chi connectivity index (χ0n) is 13.2.